The van der Waals surface area contributed by atoms with Crippen molar-refractivity contribution in [2.45, 2.75) is 127 Å². The average Bonchev–Trinajstić information content (AvgIpc) is 3.27. The van der Waals surface area contributed by atoms with Crippen LogP contribution in [0.4, 0.5) is 0 Å². The summed E-state index contributed by atoms with van der Waals surface area (Å²) in [6.45, 7) is 5.81. The van der Waals surface area contributed by atoms with Crippen LogP contribution in [0, 0.1) is 22.7 Å². The molecule has 15 unspecified atom stereocenters. The van der Waals surface area contributed by atoms with E-state index in [9.17, 15) is 40.9 Å². The number of ether oxygens (including phenoxy) is 4. The third-order valence-electron chi connectivity index (χ3n) is 10.4. The van der Waals surface area contributed by atoms with E-state index >= 15 is 0 Å². The fourth-order valence-corrected chi connectivity index (χ4v) is 7.37. The molecule has 0 aromatic carbocycles. The molecule has 0 spiro atoms. The highest BCUT2D eigenvalue weighted by atomic mass is 16.7. The molecule has 0 aromatic heterocycles. The fraction of sp³-hybridized carbons (Fsp3) is 1.00. The summed E-state index contributed by atoms with van der Waals surface area (Å²) in [6.07, 6.45) is -7.49. The molecule has 0 radical (unpaired) electrons. The molecule has 2 bridgehead atoms. The molecule has 228 valence electrons. The molecule has 4 rings (SSSR count). The summed E-state index contributed by atoms with van der Waals surface area (Å²) in [5, 5.41) is 79.6. The van der Waals surface area contributed by atoms with Crippen molar-refractivity contribution in [1.29, 1.82) is 0 Å². The Hall–Kier alpha value is -0.480. The number of hydrogen-bond donors (Lipinski definition) is 8. The summed E-state index contributed by atoms with van der Waals surface area (Å²) < 4.78 is 23.0. The van der Waals surface area contributed by atoms with Crippen molar-refractivity contribution < 1.29 is 59.8 Å². The molecule has 2 aliphatic carbocycles. The van der Waals surface area contributed by atoms with Crippen molar-refractivity contribution in [1.82, 2.24) is 0 Å². The van der Waals surface area contributed by atoms with Crippen LogP contribution in [0.3, 0.4) is 0 Å². The zero-order valence-corrected chi connectivity index (χ0v) is 23.1. The lowest BCUT2D eigenvalue weighted by atomic mass is 9.65. The molecule has 12 nitrogen and oxygen atoms in total. The maximum Gasteiger partial charge on any atom is 0.186 e. The lowest BCUT2D eigenvalue weighted by Gasteiger charge is -2.45. The van der Waals surface area contributed by atoms with E-state index in [0.29, 0.717) is 5.92 Å². The van der Waals surface area contributed by atoms with Gasteiger partial charge in [0.1, 0.15) is 48.8 Å². The second-order valence-electron chi connectivity index (χ2n) is 12.7. The number of aliphatic hydroxyl groups excluding tert-OH is 8. The highest BCUT2D eigenvalue weighted by Crippen LogP contribution is 2.68. The smallest absolute Gasteiger partial charge is 0.186 e. The Labute approximate surface area is 229 Å². The summed E-state index contributed by atoms with van der Waals surface area (Å²) in [5.41, 5.74) is -0.184. The molecular formula is C27H48O12. The molecule has 2 aliphatic heterocycles. The summed E-state index contributed by atoms with van der Waals surface area (Å²) in [6, 6.07) is 0. The number of aliphatic hydroxyl groups is 8. The quantitative estimate of drug-likeness (QED) is 0.147. The van der Waals surface area contributed by atoms with Crippen LogP contribution in [0.2, 0.25) is 0 Å². The van der Waals surface area contributed by atoms with Gasteiger partial charge in [-0.15, -0.1) is 0 Å². The van der Waals surface area contributed by atoms with Crippen molar-refractivity contribution in [3.63, 3.8) is 0 Å². The van der Waals surface area contributed by atoms with Gasteiger partial charge in [0.05, 0.1) is 25.9 Å². The van der Waals surface area contributed by atoms with E-state index < -0.39 is 74.6 Å². The molecule has 2 saturated carbocycles. The third-order valence-corrected chi connectivity index (χ3v) is 10.4. The lowest BCUT2D eigenvalue weighted by molar-refractivity contribution is -0.319. The molecule has 39 heavy (non-hydrogen) atoms. The van der Waals surface area contributed by atoms with E-state index in [4.69, 9.17) is 18.9 Å². The van der Waals surface area contributed by atoms with Crippen LogP contribution in [0.1, 0.15) is 59.3 Å². The highest BCUT2D eigenvalue weighted by Gasteiger charge is 2.64. The van der Waals surface area contributed by atoms with Gasteiger partial charge < -0.3 is 59.8 Å². The first-order chi connectivity index (χ1) is 18.4. The zero-order valence-electron chi connectivity index (χ0n) is 23.1. The van der Waals surface area contributed by atoms with Gasteiger partial charge >= 0.3 is 0 Å². The molecule has 2 heterocycles. The van der Waals surface area contributed by atoms with Gasteiger partial charge in [-0.3, -0.25) is 0 Å². The predicted molar refractivity (Wildman–Crippen MR) is 135 cm³/mol. The number of fused-ring (bicyclic) bond motifs is 2. The van der Waals surface area contributed by atoms with Crippen molar-refractivity contribution >= 4 is 0 Å². The standard InChI is InChI=1S/C27H48O12/c1-13(12-36-24-22(34)20(32)18(30)15(10-28)37-24)5-4-7-26(2)14-6-8-27(26,3)17(9-14)39-25-23(35)21(33)19(31)16(11-29)38-25/h13-25,28-35H,4-12H2,1-3H3. The van der Waals surface area contributed by atoms with Gasteiger partial charge in [0.15, 0.2) is 12.6 Å². The van der Waals surface area contributed by atoms with Crippen molar-refractivity contribution in [3.05, 3.63) is 0 Å². The Morgan fingerprint density at radius 1 is 0.821 bits per heavy atom. The molecule has 4 aliphatic rings. The minimum Gasteiger partial charge on any atom is -0.394 e. The van der Waals surface area contributed by atoms with Crippen LogP contribution >= 0.6 is 0 Å². The third kappa shape index (κ3) is 5.78. The molecule has 0 amide bonds. The Balaban J connectivity index is 1.28. The van der Waals surface area contributed by atoms with Gasteiger partial charge in [-0.2, -0.15) is 0 Å². The van der Waals surface area contributed by atoms with E-state index in [1.165, 1.54) is 0 Å². The second kappa shape index (κ2) is 12.4. The maximum atomic E-state index is 10.5. The van der Waals surface area contributed by atoms with Gasteiger partial charge in [0.2, 0.25) is 0 Å². The molecule has 12 heteroatoms. The van der Waals surface area contributed by atoms with Gasteiger partial charge in [0, 0.05) is 0 Å². The first kappa shape index (κ1) is 31.5. The fourth-order valence-electron chi connectivity index (χ4n) is 7.37. The van der Waals surface area contributed by atoms with E-state index in [1.807, 2.05) is 6.92 Å². The largest absolute Gasteiger partial charge is 0.394 e. The minimum absolute atomic E-state index is 0.0103. The van der Waals surface area contributed by atoms with Crippen LogP contribution in [-0.4, -0.2) is 128 Å². The maximum absolute atomic E-state index is 10.5. The Morgan fingerprint density at radius 2 is 1.38 bits per heavy atom. The Bertz CT molecular complexity index is 799. The number of hydrogen-bond acceptors (Lipinski definition) is 12. The monoisotopic (exact) mass is 564 g/mol. The molecule has 15 atom stereocenters. The number of rotatable bonds is 11. The lowest BCUT2D eigenvalue weighted by Crippen LogP contribution is -2.60. The first-order valence-electron chi connectivity index (χ1n) is 14.3. The Morgan fingerprint density at radius 3 is 1.97 bits per heavy atom. The first-order valence-corrected chi connectivity index (χ1v) is 14.3. The van der Waals surface area contributed by atoms with Crippen molar-refractivity contribution in [2.24, 2.45) is 22.7 Å². The molecule has 2 saturated heterocycles. The average molecular weight is 565 g/mol. The van der Waals surface area contributed by atoms with Crippen LogP contribution in [-0.2, 0) is 18.9 Å². The van der Waals surface area contributed by atoms with E-state index in [2.05, 4.69) is 13.8 Å². The SMILES string of the molecule is CC(CCCC1(C)C2CCC1(C)C(OC1OC(CO)C(O)C(O)C1O)C2)COC1OC(CO)C(O)C(O)C1O. The van der Waals surface area contributed by atoms with Gasteiger partial charge in [-0.1, -0.05) is 27.2 Å². The summed E-state index contributed by atoms with van der Waals surface area (Å²) in [7, 11) is 0. The van der Waals surface area contributed by atoms with E-state index in [1.54, 1.807) is 0 Å². The second-order valence-corrected chi connectivity index (χ2v) is 12.7. The van der Waals surface area contributed by atoms with E-state index in [0.717, 1.165) is 38.5 Å². The van der Waals surface area contributed by atoms with Gasteiger partial charge in [-0.05, 0) is 54.8 Å². The summed E-state index contributed by atoms with van der Waals surface area (Å²) in [4.78, 5) is 0. The van der Waals surface area contributed by atoms with Crippen LogP contribution in [0.5, 0.6) is 0 Å². The molecule has 4 fully saturated rings. The van der Waals surface area contributed by atoms with E-state index in [-0.39, 0.29) is 29.5 Å². The highest BCUT2D eigenvalue weighted by molar-refractivity contribution is 5.13. The topological polar surface area (TPSA) is 199 Å². The van der Waals surface area contributed by atoms with Crippen LogP contribution in [0.25, 0.3) is 0 Å². The minimum atomic E-state index is -1.47. The predicted octanol–water partition coefficient (Wildman–Crippen LogP) is -1.38. The summed E-state index contributed by atoms with van der Waals surface area (Å²) >= 11 is 0. The normalized spacial score (nSPS) is 50.8. The molecule has 8 N–H and O–H groups in total. The van der Waals surface area contributed by atoms with Gasteiger partial charge in [0.25, 0.3) is 0 Å². The van der Waals surface area contributed by atoms with Crippen molar-refractivity contribution in [3.8, 4) is 0 Å². The molecule has 0 aromatic rings. The zero-order chi connectivity index (χ0) is 28.7. The van der Waals surface area contributed by atoms with Crippen LogP contribution in [0.15, 0.2) is 0 Å². The molecular weight excluding hydrogens is 516 g/mol. The van der Waals surface area contributed by atoms with Crippen molar-refractivity contribution in [2.75, 3.05) is 19.8 Å². The summed E-state index contributed by atoms with van der Waals surface area (Å²) in [5.74, 6) is 0.562. The van der Waals surface area contributed by atoms with Crippen LogP contribution < -0.4 is 0 Å². The Kier molecular flexibility index (Phi) is 10.0. The van der Waals surface area contributed by atoms with Gasteiger partial charge in [-0.25, -0.2) is 0 Å².